The molecule has 8 aromatic carbocycles. The molecule has 11 aromatic rings. The summed E-state index contributed by atoms with van der Waals surface area (Å²) < 4.78 is 4.80. The zero-order chi connectivity index (χ0) is 37.0. The van der Waals surface area contributed by atoms with Gasteiger partial charge in [-0.2, -0.15) is 0 Å². The molecule has 0 N–H and O–H groups in total. The summed E-state index contributed by atoms with van der Waals surface area (Å²) in [6.45, 7) is 0. The van der Waals surface area contributed by atoms with Gasteiger partial charge in [0, 0.05) is 49.6 Å². The molecule has 0 fully saturated rings. The largest absolute Gasteiger partial charge is 0.309 e. The van der Waals surface area contributed by atoms with E-state index in [2.05, 4.69) is 149 Å². The van der Waals surface area contributed by atoms with Crippen LogP contribution in [0.4, 0.5) is 0 Å². The monoisotopic (exact) mass is 715 g/mol. The minimum absolute atomic E-state index is 0.626. The quantitative estimate of drug-likeness (QED) is 0.172. The highest BCUT2D eigenvalue weighted by Crippen LogP contribution is 2.41. The van der Waals surface area contributed by atoms with Crippen molar-refractivity contribution in [3.05, 3.63) is 200 Å². The molecule has 0 aliphatic heterocycles. The zero-order valence-electron chi connectivity index (χ0n) is 30.3. The lowest BCUT2D eigenvalue weighted by Crippen LogP contribution is -2.01. The van der Waals surface area contributed by atoms with Crippen LogP contribution in [0.3, 0.4) is 0 Å². The van der Waals surface area contributed by atoms with Gasteiger partial charge in [0.15, 0.2) is 17.5 Å². The highest BCUT2D eigenvalue weighted by Gasteiger charge is 2.20. The molecule has 3 aromatic heterocycles. The summed E-state index contributed by atoms with van der Waals surface area (Å²) >= 11 is 0. The van der Waals surface area contributed by atoms with Crippen molar-refractivity contribution in [1.29, 1.82) is 0 Å². The molecule has 11 rings (SSSR count). The number of hydrogen-bond acceptors (Lipinski definition) is 3. The van der Waals surface area contributed by atoms with Gasteiger partial charge in [-0.05, 0) is 59.7 Å². The summed E-state index contributed by atoms with van der Waals surface area (Å²) in [6.07, 6.45) is 0. The highest BCUT2D eigenvalue weighted by molar-refractivity contribution is 6.19. The molecule has 56 heavy (non-hydrogen) atoms. The van der Waals surface area contributed by atoms with Crippen LogP contribution in [0.25, 0.3) is 100 Å². The lowest BCUT2D eigenvalue weighted by molar-refractivity contribution is 1.07. The van der Waals surface area contributed by atoms with E-state index in [4.69, 9.17) is 15.0 Å². The van der Waals surface area contributed by atoms with Crippen molar-refractivity contribution in [2.24, 2.45) is 0 Å². The number of fused-ring (bicyclic) bond motifs is 6. The summed E-state index contributed by atoms with van der Waals surface area (Å²) in [5.41, 5.74) is 12.0. The fourth-order valence-electron chi connectivity index (χ4n) is 8.14. The molecule has 0 amide bonds. The maximum atomic E-state index is 5.05. The van der Waals surface area contributed by atoms with E-state index in [1.807, 2.05) is 60.7 Å². The Morgan fingerprint density at radius 1 is 0.250 bits per heavy atom. The fourth-order valence-corrected chi connectivity index (χ4v) is 8.14. The molecule has 0 saturated heterocycles. The standard InChI is InChI=1S/C51H33N5/c1-5-16-34(17-6-1)37-28-29-42-44-32-43-41-26-13-14-27-45(41)56(48(43)33-47(44)55(46(42)31-37)39-23-11-4-12-24-39)40-25-15-22-38(30-40)51-53-49(35-18-7-2-8-19-35)52-50(54-51)36-20-9-3-10-21-36/h1-33H. The molecular formula is C51H33N5. The summed E-state index contributed by atoms with van der Waals surface area (Å²) in [5.74, 6) is 1.91. The minimum Gasteiger partial charge on any atom is -0.309 e. The number of nitrogens with zero attached hydrogens (tertiary/aromatic N) is 5. The van der Waals surface area contributed by atoms with Crippen molar-refractivity contribution in [3.8, 4) is 56.7 Å². The highest BCUT2D eigenvalue weighted by atomic mass is 15.0. The first-order chi connectivity index (χ1) is 27.8. The third-order valence-corrected chi connectivity index (χ3v) is 10.7. The summed E-state index contributed by atoms with van der Waals surface area (Å²) in [6, 6.07) is 70.5. The van der Waals surface area contributed by atoms with Gasteiger partial charge in [-0.15, -0.1) is 0 Å². The number of hydrogen-bond donors (Lipinski definition) is 0. The van der Waals surface area contributed by atoms with Crippen molar-refractivity contribution >= 4 is 43.6 Å². The molecule has 0 unspecified atom stereocenters. The van der Waals surface area contributed by atoms with E-state index in [0.29, 0.717) is 17.5 Å². The smallest absolute Gasteiger partial charge is 0.164 e. The average Bonchev–Trinajstić information content (AvgIpc) is 3.78. The number of benzene rings is 8. The van der Waals surface area contributed by atoms with E-state index in [0.717, 1.165) is 44.6 Å². The molecule has 0 radical (unpaired) electrons. The summed E-state index contributed by atoms with van der Waals surface area (Å²) in [4.78, 5) is 15.0. The number of para-hydroxylation sites is 2. The maximum Gasteiger partial charge on any atom is 0.164 e. The van der Waals surface area contributed by atoms with Gasteiger partial charge in [0.2, 0.25) is 0 Å². The Labute approximate surface area is 323 Å². The second-order valence-electron chi connectivity index (χ2n) is 14.1. The number of rotatable bonds is 6. The first-order valence-electron chi connectivity index (χ1n) is 18.9. The molecule has 0 saturated carbocycles. The van der Waals surface area contributed by atoms with Crippen LogP contribution in [-0.4, -0.2) is 24.1 Å². The van der Waals surface area contributed by atoms with Crippen LogP contribution < -0.4 is 0 Å². The van der Waals surface area contributed by atoms with E-state index in [9.17, 15) is 0 Å². The van der Waals surface area contributed by atoms with Crippen molar-refractivity contribution < 1.29 is 0 Å². The topological polar surface area (TPSA) is 48.5 Å². The van der Waals surface area contributed by atoms with Crippen LogP contribution in [0.2, 0.25) is 0 Å². The van der Waals surface area contributed by atoms with Crippen molar-refractivity contribution in [2.45, 2.75) is 0 Å². The first-order valence-corrected chi connectivity index (χ1v) is 18.9. The molecule has 262 valence electrons. The van der Waals surface area contributed by atoms with Crippen LogP contribution >= 0.6 is 0 Å². The summed E-state index contributed by atoms with van der Waals surface area (Å²) in [7, 11) is 0. The Morgan fingerprint density at radius 2 is 0.714 bits per heavy atom. The molecule has 3 heterocycles. The minimum atomic E-state index is 0.626. The first kappa shape index (κ1) is 31.9. The predicted molar refractivity (Wildman–Crippen MR) is 230 cm³/mol. The third-order valence-electron chi connectivity index (χ3n) is 10.7. The molecule has 5 heteroatoms. The maximum absolute atomic E-state index is 5.05. The molecule has 0 atom stereocenters. The Bertz CT molecular complexity index is 3160. The van der Waals surface area contributed by atoms with E-state index < -0.39 is 0 Å². The Morgan fingerprint density at radius 3 is 1.36 bits per heavy atom. The second kappa shape index (κ2) is 13.0. The van der Waals surface area contributed by atoms with E-state index >= 15 is 0 Å². The third kappa shape index (κ3) is 5.29. The lowest BCUT2D eigenvalue weighted by atomic mass is 10.0. The molecule has 5 nitrogen and oxygen atoms in total. The molecular weight excluding hydrogens is 683 g/mol. The van der Waals surface area contributed by atoms with Gasteiger partial charge in [-0.25, -0.2) is 15.0 Å². The van der Waals surface area contributed by atoms with Gasteiger partial charge in [0.25, 0.3) is 0 Å². The molecule has 0 bridgehead atoms. The Balaban J connectivity index is 1.15. The molecule has 0 aliphatic carbocycles. The van der Waals surface area contributed by atoms with Crippen molar-refractivity contribution in [3.63, 3.8) is 0 Å². The predicted octanol–water partition coefficient (Wildman–Crippen LogP) is 12.7. The van der Waals surface area contributed by atoms with Gasteiger partial charge in [0.05, 0.1) is 22.1 Å². The van der Waals surface area contributed by atoms with Gasteiger partial charge in [-0.1, -0.05) is 152 Å². The Kier molecular flexibility index (Phi) is 7.42. The molecule has 0 aliphatic rings. The van der Waals surface area contributed by atoms with Crippen molar-refractivity contribution in [1.82, 2.24) is 24.1 Å². The van der Waals surface area contributed by atoms with Gasteiger partial charge in [-0.3, -0.25) is 0 Å². The van der Waals surface area contributed by atoms with Gasteiger partial charge in [0.1, 0.15) is 0 Å². The van der Waals surface area contributed by atoms with E-state index in [-0.39, 0.29) is 0 Å². The van der Waals surface area contributed by atoms with E-state index in [1.54, 1.807) is 0 Å². The van der Waals surface area contributed by atoms with Crippen LogP contribution in [0, 0.1) is 0 Å². The van der Waals surface area contributed by atoms with Crippen LogP contribution in [-0.2, 0) is 0 Å². The normalized spacial score (nSPS) is 11.6. The Hall–Kier alpha value is -7.63. The molecule has 0 spiro atoms. The van der Waals surface area contributed by atoms with E-state index in [1.165, 1.54) is 38.2 Å². The zero-order valence-corrected chi connectivity index (χ0v) is 30.3. The second-order valence-corrected chi connectivity index (χ2v) is 14.1. The van der Waals surface area contributed by atoms with Crippen molar-refractivity contribution in [2.75, 3.05) is 0 Å². The van der Waals surface area contributed by atoms with Crippen LogP contribution in [0.1, 0.15) is 0 Å². The fraction of sp³-hybridized carbons (Fsp3) is 0. The SMILES string of the molecule is c1ccc(-c2ccc3c4cc5c6ccccc6n(-c6cccc(-c7nc(-c8ccccc8)nc(-c8ccccc8)n7)c6)c5cc4n(-c4ccccc4)c3c2)cc1. The van der Waals surface area contributed by atoms with Gasteiger partial charge >= 0.3 is 0 Å². The lowest BCUT2D eigenvalue weighted by Gasteiger charge is -2.12. The van der Waals surface area contributed by atoms with Crippen LogP contribution in [0.5, 0.6) is 0 Å². The van der Waals surface area contributed by atoms with Gasteiger partial charge < -0.3 is 9.13 Å². The van der Waals surface area contributed by atoms with Crippen LogP contribution in [0.15, 0.2) is 200 Å². The summed E-state index contributed by atoms with van der Waals surface area (Å²) in [5, 5.41) is 4.85. The average molecular weight is 716 g/mol. The number of aromatic nitrogens is 5.